The van der Waals surface area contributed by atoms with Gasteiger partial charge in [0.2, 0.25) is 5.91 Å². The van der Waals surface area contributed by atoms with Crippen molar-refractivity contribution >= 4 is 11.9 Å². The van der Waals surface area contributed by atoms with E-state index in [-0.39, 0.29) is 11.5 Å². The Hall–Kier alpha value is -2.19. The summed E-state index contributed by atoms with van der Waals surface area (Å²) in [6.07, 6.45) is 7.15. The number of carbonyl (C=O) groups excluding carboxylic acids is 1. The van der Waals surface area contributed by atoms with Crippen LogP contribution in [0, 0.1) is 30.1 Å². The van der Waals surface area contributed by atoms with E-state index in [2.05, 4.69) is 32.8 Å². The van der Waals surface area contributed by atoms with Crippen LogP contribution in [-0.4, -0.2) is 85.9 Å². The minimum Gasteiger partial charge on any atom is -0.463 e. The highest BCUT2D eigenvalue weighted by Gasteiger charge is 2.59. The molecule has 35 heavy (non-hydrogen) atoms. The number of carbonyl (C=O) groups is 1. The molecule has 1 aromatic rings. The van der Waals surface area contributed by atoms with Crippen LogP contribution in [0.5, 0.6) is 0 Å². The Balaban J connectivity index is 1.23. The number of aliphatic imine (C=N–C) groups is 1. The molecule has 5 heterocycles. The molecule has 0 N–H and O–H groups in total. The Labute approximate surface area is 208 Å². The number of likely N-dealkylation sites (tertiary alicyclic amines) is 1. The summed E-state index contributed by atoms with van der Waals surface area (Å²) in [5, 5.41) is 0. The summed E-state index contributed by atoms with van der Waals surface area (Å²) in [5.74, 6) is 1.72. The molecule has 8 nitrogen and oxygen atoms in total. The van der Waals surface area contributed by atoms with Crippen LogP contribution < -0.4 is 0 Å². The third-order valence-corrected chi connectivity index (χ3v) is 9.08. The molecule has 5 atom stereocenters. The number of methoxy groups -OCH3 is 1. The van der Waals surface area contributed by atoms with Crippen molar-refractivity contribution in [1.82, 2.24) is 14.8 Å². The lowest BCUT2D eigenvalue weighted by molar-refractivity contribution is -0.144. The van der Waals surface area contributed by atoms with Gasteiger partial charge < -0.3 is 24.0 Å². The number of amides is 1. The fraction of sp³-hybridized carbons (Fsp3) is 0.741. The topological polar surface area (TPSA) is 76.5 Å². The molecule has 2 unspecified atom stereocenters. The third kappa shape index (κ3) is 4.22. The number of aromatic nitrogens is 1. The summed E-state index contributed by atoms with van der Waals surface area (Å²) in [5.41, 5.74) is 3.14. The molecule has 8 heteroatoms. The van der Waals surface area contributed by atoms with Gasteiger partial charge >= 0.3 is 0 Å². The van der Waals surface area contributed by atoms with Gasteiger partial charge in [-0.2, -0.15) is 0 Å². The average molecular weight is 483 g/mol. The first kappa shape index (κ1) is 23.2. The Morgan fingerprint density at radius 2 is 2.26 bits per heavy atom. The number of ether oxygens (including phenoxy) is 3. The molecule has 0 spiro atoms. The quantitative estimate of drug-likeness (QED) is 0.656. The van der Waals surface area contributed by atoms with Gasteiger partial charge in [0, 0.05) is 58.2 Å². The zero-order valence-corrected chi connectivity index (χ0v) is 21.1. The molecule has 1 amide bonds. The molecule has 0 bridgehead atoms. The average Bonchev–Trinajstić information content (AvgIpc) is 3.59. The van der Waals surface area contributed by atoms with Crippen molar-refractivity contribution in [2.75, 3.05) is 53.1 Å². The molecule has 6 rings (SSSR count). The first-order valence-electron chi connectivity index (χ1n) is 13.3. The number of pyridine rings is 1. The van der Waals surface area contributed by atoms with E-state index in [0.29, 0.717) is 43.4 Å². The molecule has 0 radical (unpaired) electrons. The second kappa shape index (κ2) is 9.36. The lowest BCUT2D eigenvalue weighted by Crippen LogP contribution is -2.49. The molecule has 190 valence electrons. The first-order chi connectivity index (χ1) is 17.1. The number of hydrogen-bond acceptors (Lipinski definition) is 7. The fourth-order valence-corrected chi connectivity index (χ4v) is 7.43. The number of aryl methyl sites for hydroxylation is 1. The van der Waals surface area contributed by atoms with E-state index in [0.717, 1.165) is 82.2 Å². The van der Waals surface area contributed by atoms with E-state index in [1.165, 1.54) is 5.56 Å². The van der Waals surface area contributed by atoms with E-state index < -0.39 is 0 Å². The van der Waals surface area contributed by atoms with Crippen molar-refractivity contribution in [3.63, 3.8) is 0 Å². The summed E-state index contributed by atoms with van der Waals surface area (Å²) in [6, 6.07) is 2.95. The molecule has 3 fully saturated rings. The normalized spacial score (nSPS) is 34.4. The molecule has 1 saturated carbocycles. The van der Waals surface area contributed by atoms with E-state index in [1.807, 2.05) is 6.20 Å². The Kier molecular flexibility index (Phi) is 6.21. The Bertz CT molecular complexity index is 999. The SMILES string of the molecule is COC1COCCC1C[C@@H]1C[C@H]2CN(C3=NCCO3)C[C@@]2(C(=O)N2CCc3ncc(C)cc3C2)C1. The van der Waals surface area contributed by atoms with Crippen molar-refractivity contribution in [3.8, 4) is 0 Å². The zero-order valence-electron chi connectivity index (χ0n) is 21.1. The van der Waals surface area contributed by atoms with Gasteiger partial charge in [-0.15, -0.1) is 0 Å². The van der Waals surface area contributed by atoms with Crippen molar-refractivity contribution in [3.05, 3.63) is 29.1 Å². The van der Waals surface area contributed by atoms with Crippen LogP contribution in [0.2, 0.25) is 0 Å². The highest BCUT2D eigenvalue weighted by atomic mass is 16.5. The lowest BCUT2D eigenvalue weighted by atomic mass is 9.78. The Morgan fingerprint density at radius 1 is 1.34 bits per heavy atom. The molecule has 2 saturated heterocycles. The summed E-state index contributed by atoms with van der Waals surface area (Å²) >= 11 is 0. The molecule has 1 aromatic heterocycles. The van der Waals surface area contributed by atoms with Crippen LogP contribution in [0.4, 0.5) is 0 Å². The van der Waals surface area contributed by atoms with Gasteiger partial charge in [0.25, 0.3) is 6.02 Å². The maximum absolute atomic E-state index is 14.4. The third-order valence-electron chi connectivity index (χ3n) is 9.08. The van der Waals surface area contributed by atoms with Crippen molar-refractivity contribution in [2.24, 2.45) is 28.2 Å². The van der Waals surface area contributed by atoms with Gasteiger partial charge in [0.1, 0.15) is 6.61 Å². The number of rotatable bonds is 4. The van der Waals surface area contributed by atoms with Crippen LogP contribution in [0.15, 0.2) is 17.3 Å². The number of nitrogens with zero attached hydrogens (tertiary/aromatic N) is 4. The maximum atomic E-state index is 14.4. The van der Waals surface area contributed by atoms with E-state index in [4.69, 9.17) is 14.2 Å². The summed E-state index contributed by atoms with van der Waals surface area (Å²) in [7, 11) is 1.80. The first-order valence-corrected chi connectivity index (χ1v) is 13.3. The predicted molar refractivity (Wildman–Crippen MR) is 131 cm³/mol. The van der Waals surface area contributed by atoms with Gasteiger partial charge in [0.05, 0.1) is 24.7 Å². The highest BCUT2D eigenvalue weighted by Crippen LogP contribution is 2.54. The minimum absolute atomic E-state index is 0.169. The number of fused-ring (bicyclic) bond motifs is 2. The van der Waals surface area contributed by atoms with E-state index in [1.54, 1.807) is 7.11 Å². The predicted octanol–water partition coefficient (Wildman–Crippen LogP) is 2.43. The minimum atomic E-state index is -0.359. The molecule has 4 aliphatic heterocycles. The van der Waals surface area contributed by atoms with Crippen molar-refractivity contribution < 1.29 is 19.0 Å². The van der Waals surface area contributed by atoms with Gasteiger partial charge in [-0.05, 0) is 61.5 Å². The van der Waals surface area contributed by atoms with Gasteiger partial charge in [-0.3, -0.25) is 9.78 Å². The maximum Gasteiger partial charge on any atom is 0.287 e. The van der Waals surface area contributed by atoms with E-state index in [9.17, 15) is 4.79 Å². The second-order valence-corrected chi connectivity index (χ2v) is 11.3. The molecule has 0 aromatic carbocycles. The molecule has 1 aliphatic carbocycles. The van der Waals surface area contributed by atoms with E-state index >= 15 is 0 Å². The van der Waals surface area contributed by atoms with Crippen molar-refractivity contribution in [1.29, 1.82) is 0 Å². The van der Waals surface area contributed by atoms with Gasteiger partial charge in [0.15, 0.2) is 0 Å². The largest absolute Gasteiger partial charge is 0.463 e. The molecular weight excluding hydrogens is 444 g/mol. The van der Waals surface area contributed by atoms with Gasteiger partial charge in [-0.25, -0.2) is 4.99 Å². The number of hydrogen-bond donors (Lipinski definition) is 0. The van der Waals surface area contributed by atoms with Crippen LogP contribution in [-0.2, 0) is 32.0 Å². The fourth-order valence-electron chi connectivity index (χ4n) is 7.43. The van der Waals surface area contributed by atoms with Crippen LogP contribution in [0.1, 0.15) is 42.5 Å². The number of amidine groups is 1. The zero-order chi connectivity index (χ0) is 24.0. The molecule has 5 aliphatic rings. The van der Waals surface area contributed by atoms with Crippen molar-refractivity contribution in [2.45, 2.75) is 51.7 Å². The lowest BCUT2D eigenvalue weighted by Gasteiger charge is -2.37. The van der Waals surface area contributed by atoms with Crippen LogP contribution >= 0.6 is 0 Å². The summed E-state index contributed by atoms with van der Waals surface area (Å²) < 4.78 is 17.2. The van der Waals surface area contributed by atoms with Crippen LogP contribution in [0.25, 0.3) is 0 Å². The standard InChI is InChI=1S/C27H38N4O4/c1-18-9-21-14-30(6-3-23(21)29-13-18)25(32)27-12-19(10-20-4-7-34-16-24(20)33-2)11-22(27)15-31(17-27)26-28-5-8-35-26/h9,13,19-20,22,24H,3-8,10-12,14-17H2,1-2H3/t19-,20?,22+,24?,27+/m1/s1. The Morgan fingerprint density at radius 3 is 3.09 bits per heavy atom. The smallest absolute Gasteiger partial charge is 0.287 e. The highest BCUT2D eigenvalue weighted by molar-refractivity contribution is 5.86. The molecular formula is C27H38N4O4. The second-order valence-electron chi connectivity index (χ2n) is 11.3. The summed E-state index contributed by atoms with van der Waals surface area (Å²) in [6.45, 7) is 7.97. The van der Waals surface area contributed by atoms with Gasteiger partial charge in [-0.1, -0.05) is 6.07 Å². The summed E-state index contributed by atoms with van der Waals surface area (Å²) in [4.78, 5) is 27.9. The monoisotopic (exact) mass is 482 g/mol. The van der Waals surface area contributed by atoms with Crippen LogP contribution in [0.3, 0.4) is 0 Å².